The second kappa shape index (κ2) is 12.2. The molecule has 0 amide bonds. The Labute approximate surface area is 270 Å². The third kappa shape index (κ3) is 5.17. The zero-order chi connectivity index (χ0) is 31.8. The van der Waals surface area contributed by atoms with Gasteiger partial charge in [-0.05, 0) is 44.3 Å². The second-order valence-electron chi connectivity index (χ2n) is 10.8. The van der Waals surface area contributed by atoms with Crippen molar-refractivity contribution in [3.05, 3.63) is 180 Å². The molecule has 8 rings (SSSR count). The van der Waals surface area contributed by atoms with Crippen molar-refractivity contribution in [2.75, 3.05) is 0 Å². The number of hydrogen-bond donors (Lipinski definition) is 0. The first-order valence-corrected chi connectivity index (χ1v) is 16.3. The van der Waals surface area contributed by atoms with E-state index in [1.807, 2.05) is 66.7 Å². The van der Waals surface area contributed by atoms with Crippen LogP contribution in [0.2, 0.25) is 0 Å². The summed E-state index contributed by atoms with van der Waals surface area (Å²) in [6.45, 7) is 4.24. The van der Waals surface area contributed by atoms with Crippen LogP contribution in [0.4, 0.5) is 0 Å². The van der Waals surface area contributed by atoms with Crippen molar-refractivity contribution < 1.29 is 0 Å². The second-order valence-corrected chi connectivity index (χ2v) is 12.9. The lowest BCUT2D eigenvalue weighted by molar-refractivity contribution is 0.755. The zero-order valence-corrected chi connectivity index (χ0v) is 26.1. The van der Waals surface area contributed by atoms with Crippen molar-refractivity contribution in [3.8, 4) is 0 Å². The Morgan fingerprint density at radius 1 is 0.500 bits per heavy atom. The molecule has 0 bridgehead atoms. The quantitative estimate of drug-likeness (QED) is 0.185. The molecular formula is C38H26N2O4S2. The average Bonchev–Trinajstić information content (AvgIpc) is 3.47. The largest absolute Gasteiger partial charge is 0.272 e. The molecule has 0 radical (unpaired) electrons. The molecule has 0 saturated heterocycles. The molecule has 6 nitrogen and oxygen atoms in total. The summed E-state index contributed by atoms with van der Waals surface area (Å²) in [6.07, 6.45) is 1.95. The van der Waals surface area contributed by atoms with E-state index in [2.05, 4.69) is 61.2 Å². The van der Waals surface area contributed by atoms with E-state index in [1.165, 1.54) is 36.2 Å². The smallest absolute Gasteiger partial charge is 0.268 e. The maximum atomic E-state index is 12.9. The van der Waals surface area contributed by atoms with Crippen molar-refractivity contribution in [2.45, 2.75) is 13.1 Å². The van der Waals surface area contributed by atoms with Gasteiger partial charge in [0, 0.05) is 0 Å². The van der Waals surface area contributed by atoms with Gasteiger partial charge >= 0.3 is 0 Å². The fourth-order valence-electron chi connectivity index (χ4n) is 5.72. The van der Waals surface area contributed by atoms with Gasteiger partial charge in [-0.2, -0.15) is 0 Å². The normalized spacial score (nSPS) is 11.2. The lowest BCUT2D eigenvalue weighted by Crippen LogP contribution is -2.26. The Morgan fingerprint density at radius 2 is 0.848 bits per heavy atom. The maximum Gasteiger partial charge on any atom is 0.272 e. The van der Waals surface area contributed by atoms with E-state index in [-0.39, 0.29) is 31.9 Å². The summed E-state index contributed by atoms with van der Waals surface area (Å²) in [5.74, 6) is 0. The van der Waals surface area contributed by atoms with Crippen LogP contribution in [0.15, 0.2) is 141 Å². The summed E-state index contributed by atoms with van der Waals surface area (Å²) >= 11 is 1.88. The molecule has 0 aliphatic carbocycles. The van der Waals surface area contributed by atoms with Crippen LogP contribution in [-0.2, 0) is 13.1 Å². The van der Waals surface area contributed by atoms with Crippen LogP contribution in [0.5, 0.6) is 0 Å². The molecule has 8 aromatic rings. The number of aromatic nitrogens is 2. The first-order valence-electron chi connectivity index (χ1n) is 14.6. The summed E-state index contributed by atoms with van der Waals surface area (Å²) in [4.78, 5) is 51.5. The zero-order valence-electron chi connectivity index (χ0n) is 24.5. The Bertz CT molecular complexity index is 2380. The van der Waals surface area contributed by atoms with E-state index in [1.54, 1.807) is 0 Å². The van der Waals surface area contributed by atoms with Crippen LogP contribution in [0.3, 0.4) is 0 Å². The van der Waals surface area contributed by atoms with Crippen LogP contribution < -0.4 is 22.2 Å². The highest BCUT2D eigenvalue weighted by molar-refractivity contribution is 7.36. The van der Waals surface area contributed by atoms with Crippen LogP contribution in [0.1, 0.15) is 16.7 Å². The van der Waals surface area contributed by atoms with Gasteiger partial charge in [0.2, 0.25) is 0 Å². The van der Waals surface area contributed by atoms with E-state index < -0.39 is 22.2 Å². The van der Waals surface area contributed by atoms with E-state index in [9.17, 15) is 19.2 Å². The van der Waals surface area contributed by atoms with Crippen LogP contribution >= 0.6 is 22.7 Å². The van der Waals surface area contributed by atoms with Gasteiger partial charge in [-0.1, -0.05) is 122 Å². The molecule has 5 aromatic carbocycles. The highest BCUT2D eigenvalue weighted by Crippen LogP contribution is 2.29. The van der Waals surface area contributed by atoms with Gasteiger partial charge in [0.15, 0.2) is 0 Å². The van der Waals surface area contributed by atoms with Crippen molar-refractivity contribution in [3.63, 3.8) is 0 Å². The Morgan fingerprint density at radius 3 is 1.22 bits per heavy atom. The van der Waals surface area contributed by atoms with Crippen LogP contribution in [-0.4, -0.2) is 9.13 Å². The minimum atomic E-state index is -0.426. The van der Waals surface area contributed by atoms with Crippen LogP contribution in [0.25, 0.3) is 46.4 Å². The number of benzene rings is 5. The Balaban J connectivity index is 0.000000177. The Hall–Kier alpha value is -5.44. The molecule has 0 spiro atoms. The van der Waals surface area contributed by atoms with Gasteiger partial charge in [-0.3, -0.25) is 28.3 Å². The standard InChI is InChI=1S/C22H14N2O4S2.C16H12/c25-19-15-16(20(26)23(19)11-13-7-3-1-4-8-13)30-18-17(29-15)21(27)24(22(18)28)12-14-9-5-2-6-10-14;1-2-14-15-9-5-3-7-12(15)11-13-8-4-6-10-16(13)14/h1-10H,11-12H2;2-11H,1H2. The fraction of sp³-hybridized carbons (Fsp3) is 0.0526. The lowest BCUT2D eigenvalue weighted by Gasteiger charge is -2.07. The topological polar surface area (TPSA) is 78.1 Å². The van der Waals surface area contributed by atoms with Gasteiger partial charge in [-0.25, -0.2) is 0 Å². The van der Waals surface area contributed by atoms with Gasteiger partial charge in [0.1, 0.15) is 18.8 Å². The third-order valence-corrected chi connectivity index (χ3v) is 10.6. The molecule has 0 aliphatic heterocycles. The van der Waals surface area contributed by atoms with Gasteiger partial charge < -0.3 is 0 Å². The van der Waals surface area contributed by atoms with E-state index in [0.29, 0.717) is 0 Å². The molecule has 3 heterocycles. The summed E-state index contributed by atoms with van der Waals surface area (Å²) in [5, 5.41) is 5.10. The first-order chi connectivity index (χ1) is 22.4. The SMILES string of the molecule is C=Cc1c2ccccc2cc2ccccc12.O=c1c2sc3c(=O)n(Cc4ccccc4)c(=O)c3sc2c(=O)n1Cc1ccccc1. The van der Waals surface area contributed by atoms with Crippen molar-refractivity contribution in [1.29, 1.82) is 0 Å². The maximum absolute atomic E-state index is 12.9. The fourth-order valence-corrected chi connectivity index (χ4v) is 8.13. The van der Waals surface area contributed by atoms with E-state index in [0.717, 1.165) is 33.8 Å². The van der Waals surface area contributed by atoms with Gasteiger partial charge in [-0.15, -0.1) is 22.7 Å². The third-order valence-electron chi connectivity index (χ3n) is 7.96. The molecule has 224 valence electrons. The van der Waals surface area contributed by atoms with E-state index >= 15 is 0 Å². The molecule has 0 N–H and O–H groups in total. The molecule has 8 heteroatoms. The lowest BCUT2D eigenvalue weighted by atomic mass is 9.97. The predicted octanol–water partition coefficient (Wildman–Crippen LogP) is 7.33. The highest BCUT2D eigenvalue weighted by atomic mass is 32.1. The molecule has 0 fully saturated rings. The van der Waals surface area contributed by atoms with Crippen LogP contribution in [0, 0.1) is 0 Å². The van der Waals surface area contributed by atoms with Gasteiger partial charge in [0.25, 0.3) is 22.2 Å². The molecule has 0 saturated carbocycles. The average molecular weight is 639 g/mol. The molecular weight excluding hydrogens is 613 g/mol. The van der Waals surface area contributed by atoms with E-state index in [4.69, 9.17) is 0 Å². The molecule has 0 atom stereocenters. The van der Waals surface area contributed by atoms with Crippen molar-refractivity contribution in [1.82, 2.24) is 9.13 Å². The van der Waals surface area contributed by atoms with Crippen molar-refractivity contribution >= 4 is 69.1 Å². The summed E-state index contributed by atoms with van der Waals surface area (Å²) in [7, 11) is 0. The minimum absolute atomic E-state index is 0.152. The summed E-state index contributed by atoms with van der Waals surface area (Å²) in [5.41, 5.74) is 1.18. The Kier molecular flexibility index (Phi) is 7.74. The molecule has 3 aromatic heterocycles. The highest BCUT2D eigenvalue weighted by Gasteiger charge is 2.21. The first kappa shape index (κ1) is 29.3. The summed E-state index contributed by atoms with van der Waals surface area (Å²) < 4.78 is 3.23. The van der Waals surface area contributed by atoms with Crippen molar-refractivity contribution in [2.24, 2.45) is 0 Å². The number of nitrogens with zero attached hydrogens (tertiary/aromatic N) is 2. The number of rotatable bonds is 5. The molecule has 46 heavy (non-hydrogen) atoms. The minimum Gasteiger partial charge on any atom is -0.268 e. The molecule has 0 aliphatic rings. The predicted molar refractivity (Wildman–Crippen MR) is 192 cm³/mol. The number of fused-ring (bicyclic) bond motifs is 4. The molecule has 0 unspecified atom stereocenters. The summed E-state index contributed by atoms with van der Waals surface area (Å²) in [6, 6.07) is 37.6. The van der Waals surface area contributed by atoms with Gasteiger partial charge in [0.05, 0.1) is 13.1 Å². The number of hydrogen-bond acceptors (Lipinski definition) is 6. The monoisotopic (exact) mass is 638 g/mol.